The molecule has 0 atom stereocenters. The second-order valence-electron chi connectivity index (χ2n) is 4.41. The van der Waals surface area contributed by atoms with Crippen molar-refractivity contribution in [2.45, 2.75) is 25.4 Å². The first kappa shape index (κ1) is 14.5. The maximum Gasteiger partial charge on any atom is 0.281 e. The van der Waals surface area contributed by atoms with Crippen molar-refractivity contribution in [2.75, 3.05) is 4.72 Å². The molecule has 20 heavy (non-hydrogen) atoms. The van der Waals surface area contributed by atoms with Crippen LogP contribution < -0.4 is 10.5 Å². The van der Waals surface area contributed by atoms with Crippen molar-refractivity contribution in [1.82, 2.24) is 10.2 Å². The number of nitrogens with zero attached hydrogens (tertiary/aromatic N) is 1. The van der Waals surface area contributed by atoms with Crippen molar-refractivity contribution >= 4 is 15.7 Å². The highest BCUT2D eigenvalue weighted by Gasteiger charge is 2.23. The van der Waals surface area contributed by atoms with E-state index in [1.807, 2.05) is 0 Å². The molecule has 1 heterocycles. The van der Waals surface area contributed by atoms with E-state index in [-0.39, 0.29) is 17.3 Å². The fourth-order valence-corrected chi connectivity index (χ4v) is 3.01. The van der Waals surface area contributed by atoms with Crippen LogP contribution in [0, 0.1) is 19.7 Å². The highest BCUT2D eigenvalue weighted by atomic mass is 32.2. The molecule has 0 bridgehead atoms. The molecule has 0 amide bonds. The molecule has 1 aromatic carbocycles. The largest absolute Gasteiger partial charge is 0.326 e. The number of anilines is 1. The van der Waals surface area contributed by atoms with E-state index in [1.165, 1.54) is 12.1 Å². The minimum Gasteiger partial charge on any atom is -0.326 e. The number of rotatable bonds is 4. The Hall–Kier alpha value is -1.93. The quantitative estimate of drug-likeness (QED) is 0.794. The second-order valence-corrected chi connectivity index (χ2v) is 6.00. The first-order valence-electron chi connectivity index (χ1n) is 5.88. The lowest BCUT2D eigenvalue weighted by atomic mass is 10.2. The number of hydrogen-bond acceptors (Lipinski definition) is 4. The van der Waals surface area contributed by atoms with Crippen molar-refractivity contribution in [3.05, 3.63) is 40.8 Å². The SMILES string of the molecule is Cc1ccc(NS(=O)(=O)c2n[nH]c(C)c2CN)cc1F. The Bertz CT molecular complexity index is 740. The van der Waals surface area contributed by atoms with Crippen LogP contribution in [0.1, 0.15) is 16.8 Å². The van der Waals surface area contributed by atoms with Crippen molar-refractivity contribution in [2.24, 2.45) is 5.73 Å². The zero-order valence-corrected chi connectivity index (χ0v) is 11.9. The summed E-state index contributed by atoms with van der Waals surface area (Å²) >= 11 is 0. The Kier molecular flexibility index (Phi) is 3.78. The molecule has 1 aromatic heterocycles. The average Bonchev–Trinajstić information content (AvgIpc) is 2.75. The number of halogens is 1. The maximum absolute atomic E-state index is 13.4. The van der Waals surface area contributed by atoms with Gasteiger partial charge >= 0.3 is 0 Å². The van der Waals surface area contributed by atoms with Gasteiger partial charge in [-0.05, 0) is 31.5 Å². The summed E-state index contributed by atoms with van der Waals surface area (Å²) in [5.41, 5.74) is 7.08. The second kappa shape index (κ2) is 5.22. The molecule has 0 spiro atoms. The first-order chi connectivity index (χ1) is 9.35. The Labute approximate surface area is 116 Å². The Morgan fingerprint density at radius 1 is 1.40 bits per heavy atom. The number of aromatic amines is 1. The predicted molar refractivity (Wildman–Crippen MR) is 73.2 cm³/mol. The number of sulfonamides is 1. The lowest BCUT2D eigenvalue weighted by Crippen LogP contribution is -2.16. The van der Waals surface area contributed by atoms with Gasteiger partial charge in [0.05, 0.1) is 5.69 Å². The number of aromatic nitrogens is 2. The number of benzene rings is 1. The molecule has 0 radical (unpaired) electrons. The van der Waals surface area contributed by atoms with Gasteiger partial charge in [0.1, 0.15) is 5.82 Å². The number of aryl methyl sites for hydroxylation is 2. The topological polar surface area (TPSA) is 101 Å². The fraction of sp³-hybridized carbons (Fsp3) is 0.250. The van der Waals surface area contributed by atoms with Crippen LogP contribution in [0.15, 0.2) is 23.2 Å². The molecule has 2 rings (SSSR count). The molecule has 0 saturated carbocycles. The summed E-state index contributed by atoms with van der Waals surface area (Å²) in [5.74, 6) is -0.484. The van der Waals surface area contributed by atoms with Crippen LogP contribution in [0.2, 0.25) is 0 Å². The molecule has 0 aliphatic heterocycles. The molecule has 6 nitrogen and oxygen atoms in total. The average molecular weight is 298 g/mol. The summed E-state index contributed by atoms with van der Waals surface area (Å²) < 4.78 is 40.2. The number of hydrogen-bond donors (Lipinski definition) is 3. The standard InChI is InChI=1S/C12H15FN4O2S/c1-7-3-4-9(5-11(7)13)17-20(18,19)12-10(6-14)8(2)15-16-12/h3-5,17H,6,14H2,1-2H3,(H,15,16). The Morgan fingerprint density at radius 2 is 2.10 bits per heavy atom. The summed E-state index contributed by atoms with van der Waals surface area (Å²) in [7, 11) is -3.90. The van der Waals surface area contributed by atoms with Crippen LogP contribution in [0.25, 0.3) is 0 Å². The van der Waals surface area contributed by atoms with Crippen molar-refractivity contribution < 1.29 is 12.8 Å². The van der Waals surface area contributed by atoms with E-state index in [1.54, 1.807) is 13.8 Å². The molecule has 2 aromatic rings. The monoisotopic (exact) mass is 298 g/mol. The van der Waals surface area contributed by atoms with Gasteiger partial charge in [-0.25, -0.2) is 4.39 Å². The van der Waals surface area contributed by atoms with Crippen LogP contribution in [0.5, 0.6) is 0 Å². The van der Waals surface area contributed by atoms with Crippen LogP contribution >= 0.6 is 0 Å². The number of H-pyrrole nitrogens is 1. The highest BCUT2D eigenvalue weighted by Crippen LogP contribution is 2.21. The van der Waals surface area contributed by atoms with Gasteiger partial charge in [0, 0.05) is 17.8 Å². The van der Waals surface area contributed by atoms with Crippen molar-refractivity contribution in [1.29, 1.82) is 0 Å². The minimum atomic E-state index is -3.90. The van der Waals surface area contributed by atoms with E-state index in [9.17, 15) is 12.8 Å². The van der Waals surface area contributed by atoms with E-state index in [0.29, 0.717) is 16.8 Å². The lowest BCUT2D eigenvalue weighted by Gasteiger charge is -2.08. The normalized spacial score (nSPS) is 11.6. The van der Waals surface area contributed by atoms with E-state index >= 15 is 0 Å². The zero-order valence-electron chi connectivity index (χ0n) is 11.1. The third kappa shape index (κ3) is 2.66. The van der Waals surface area contributed by atoms with Crippen LogP contribution in [0.4, 0.5) is 10.1 Å². The maximum atomic E-state index is 13.4. The molecule has 4 N–H and O–H groups in total. The number of nitrogens with one attached hydrogen (secondary N) is 2. The van der Waals surface area contributed by atoms with Gasteiger partial charge in [-0.2, -0.15) is 13.5 Å². The predicted octanol–water partition coefficient (Wildman–Crippen LogP) is 1.43. The minimum absolute atomic E-state index is 0.0425. The lowest BCUT2D eigenvalue weighted by molar-refractivity contribution is 0.595. The van der Waals surface area contributed by atoms with Gasteiger partial charge in [-0.1, -0.05) is 6.07 Å². The molecule has 0 aliphatic rings. The van der Waals surface area contributed by atoms with Crippen LogP contribution in [-0.2, 0) is 16.6 Å². The first-order valence-corrected chi connectivity index (χ1v) is 7.36. The zero-order chi connectivity index (χ0) is 14.9. The molecule has 0 unspecified atom stereocenters. The summed E-state index contributed by atoms with van der Waals surface area (Å²) in [6.45, 7) is 3.32. The summed E-state index contributed by atoms with van der Waals surface area (Å²) in [6.07, 6.45) is 0. The third-order valence-corrected chi connectivity index (χ3v) is 4.27. The molecule has 8 heteroatoms. The van der Waals surface area contributed by atoms with E-state index in [2.05, 4.69) is 14.9 Å². The summed E-state index contributed by atoms with van der Waals surface area (Å²) in [5, 5.41) is 6.15. The van der Waals surface area contributed by atoms with Gasteiger partial charge in [0.2, 0.25) is 5.03 Å². The molecule has 108 valence electrons. The van der Waals surface area contributed by atoms with Crippen molar-refractivity contribution in [3.63, 3.8) is 0 Å². The third-order valence-electron chi connectivity index (χ3n) is 2.92. The van der Waals surface area contributed by atoms with Gasteiger partial charge in [0.25, 0.3) is 10.0 Å². The molecular weight excluding hydrogens is 283 g/mol. The van der Waals surface area contributed by atoms with E-state index in [4.69, 9.17) is 5.73 Å². The highest BCUT2D eigenvalue weighted by molar-refractivity contribution is 7.92. The van der Waals surface area contributed by atoms with E-state index in [0.717, 1.165) is 6.07 Å². The van der Waals surface area contributed by atoms with Crippen LogP contribution in [0.3, 0.4) is 0 Å². The molecule has 0 aliphatic carbocycles. The van der Waals surface area contributed by atoms with Crippen LogP contribution in [-0.4, -0.2) is 18.6 Å². The Balaban J connectivity index is 2.38. The van der Waals surface area contributed by atoms with E-state index < -0.39 is 15.8 Å². The Morgan fingerprint density at radius 3 is 2.70 bits per heavy atom. The molecular formula is C12H15FN4O2S. The molecule has 0 fully saturated rings. The van der Waals surface area contributed by atoms with Gasteiger partial charge in [-0.3, -0.25) is 9.82 Å². The summed E-state index contributed by atoms with van der Waals surface area (Å²) in [4.78, 5) is 0. The molecule has 0 saturated heterocycles. The number of nitrogens with two attached hydrogens (primary N) is 1. The van der Waals surface area contributed by atoms with Gasteiger partial charge in [0.15, 0.2) is 0 Å². The van der Waals surface area contributed by atoms with Gasteiger partial charge in [-0.15, -0.1) is 0 Å². The fourth-order valence-electron chi connectivity index (χ4n) is 1.75. The summed E-state index contributed by atoms with van der Waals surface area (Å²) in [6, 6.07) is 4.10. The smallest absolute Gasteiger partial charge is 0.281 e. The van der Waals surface area contributed by atoms with Gasteiger partial charge < -0.3 is 5.73 Å². The van der Waals surface area contributed by atoms with Crippen molar-refractivity contribution in [3.8, 4) is 0 Å².